The fourth-order valence-corrected chi connectivity index (χ4v) is 10.5. The van der Waals surface area contributed by atoms with Gasteiger partial charge in [-0.2, -0.15) is 5.10 Å². The van der Waals surface area contributed by atoms with E-state index in [1.807, 2.05) is 59.6 Å². The highest BCUT2D eigenvalue weighted by molar-refractivity contribution is 7.22. The third kappa shape index (κ3) is 4.66. The zero-order chi connectivity index (χ0) is 32.7. The first-order valence-electron chi connectivity index (χ1n) is 16.9. The SMILES string of the molecule is Cc1c(-c2ccc(N3CCc4cccc(C(=O)N(N)c5nc6ccccc6s5)c4C3)nc2C(=O)O)cnn1C12CC3CC(CC(C3)C1)C2. The van der Waals surface area contributed by atoms with Crippen molar-refractivity contribution in [2.24, 2.45) is 23.6 Å². The molecule has 10 rings (SSSR count). The minimum Gasteiger partial charge on any atom is -0.476 e. The Bertz CT molecular complexity index is 2050. The molecule has 0 spiro atoms. The summed E-state index contributed by atoms with van der Waals surface area (Å²) in [5.74, 6) is 7.87. The van der Waals surface area contributed by atoms with Crippen molar-refractivity contribution in [3.63, 3.8) is 0 Å². The summed E-state index contributed by atoms with van der Waals surface area (Å²) in [6, 6.07) is 17.2. The number of anilines is 2. The number of carbonyl (C=O) groups excluding carboxylic acids is 1. The Morgan fingerprint density at radius 2 is 1.71 bits per heavy atom. The molecule has 4 bridgehead atoms. The van der Waals surface area contributed by atoms with Gasteiger partial charge in [0, 0.05) is 35.5 Å². The highest BCUT2D eigenvalue weighted by Gasteiger charge is 2.53. The summed E-state index contributed by atoms with van der Waals surface area (Å²) < 4.78 is 3.19. The second-order valence-corrected chi connectivity index (χ2v) is 15.3. The maximum atomic E-state index is 13.8. The van der Waals surface area contributed by atoms with Crippen LogP contribution in [0, 0.1) is 24.7 Å². The van der Waals surface area contributed by atoms with Crippen LogP contribution in [0.15, 0.2) is 60.8 Å². The van der Waals surface area contributed by atoms with Gasteiger partial charge in [-0.3, -0.25) is 9.48 Å². The monoisotopic (exact) mass is 659 g/mol. The van der Waals surface area contributed by atoms with Gasteiger partial charge in [-0.05, 0) is 111 Å². The number of aromatic carboxylic acids is 1. The molecule has 0 radical (unpaired) electrons. The van der Waals surface area contributed by atoms with Crippen LogP contribution in [0.1, 0.15) is 76.2 Å². The lowest BCUT2D eigenvalue weighted by Crippen LogP contribution is -2.52. The molecule has 0 saturated heterocycles. The molecule has 5 aliphatic rings. The summed E-state index contributed by atoms with van der Waals surface area (Å²) in [7, 11) is 0. The van der Waals surface area contributed by atoms with E-state index in [1.54, 1.807) is 6.07 Å². The van der Waals surface area contributed by atoms with Crippen LogP contribution >= 0.6 is 11.3 Å². The minimum absolute atomic E-state index is 0.0137. The number of hydrogen-bond acceptors (Lipinski definition) is 8. The minimum atomic E-state index is -1.07. The molecule has 3 N–H and O–H groups in total. The largest absolute Gasteiger partial charge is 0.476 e. The van der Waals surface area contributed by atoms with Gasteiger partial charge in [0.15, 0.2) is 5.69 Å². The standard InChI is InChI=1S/C37H37N7O3S/c1-21-28(19-39-44(21)37-16-22-13-23(17-37)15-24(14-22)18-37)26-9-10-32(41-33(26)35(46)47)42-12-11-25-5-4-6-27(29(25)20-42)34(45)43(38)36-40-30-7-2-3-8-31(30)48-36/h2-10,19,22-24H,11-18,20,38H2,1H3,(H,46,47). The number of nitrogens with zero attached hydrogens (tertiary/aromatic N) is 6. The van der Waals surface area contributed by atoms with Gasteiger partial charge >= 0.3 is 5.97 Å². The summed E-state index contributed by atoms with van der Waals surface area (Å²) in [4.78, 5) is 37.8. The number of carboxylic acids is 1. The quantitative estimate of drug-likeness (QED) is 0.119. The van der Waals surface area contributed by atoms with E-state index in [9.17, 15) is 14.7 Å². The van der Waals surface area contributed by atoms with Gasteiger partial charge in [-0.1, -0.05) is 35.6 Å². The Morgan fingerprint density at radius 1 is 0.958 bits per heavy atom. The average Bonchev–Trinajstić information content (AvgIpc) is 3.70. The lowest BCUT2D eigenvalue weighted by atomic mass is 9.53. The molecule has 5 aromatic rings. The number of rotatable bonds is 6. The van der Waals surface area contributed by atoms with Gasteiger partial charge in [-0.25, -0.2) is 25.6 Å². The lowest BCUT2D eigenvalue weighted by molar-refractivity contribution is -0.0503. The predicted molar refractivity (Wildman–Crippen MR) is 185 cm³/mol. The van der Waals surface area contributed by atoms with Crippen molar-refractivity contribution in [2.75, 3.05) is 16.5 Å². The van der Waals surface area contributed by atoms with E-state index in [1.165, 1.54) is 49.9 Å². The molecule has 4 saturated carbocycles. The summed E-state index contributed by atoms with van der Waals surface area (Å²) in [6.07, 6.45) is 10.1. The first kappa shape index (κ1) is 29.5. The number of benzene rings is 2. The number of hydrogen-bond donors (Lipinski definition) is 2. The molecule has 4 aliphatic carbocycles. The third-order valence-electron chi connectivity index (χ3n) is 11.4. The molecule has 1 aliphatic heterocycles. The molecule has 244 valence electrons. The van der Waals surface area contributed by atoms with Crippen molar-refractivity contribution in [3.8, 4) is 11.1 Å². The fourth-order valence-electron chi connectivity index (χ4n) is 9.64. The van der Waals surface area contributed by atoms with E-state index in [0.717, 1.165) is 55.4 Å². The topological polar surface area (TPSA) is 130 Å². The number of fused-ring (bicyclic) bond motifs is 2. The molecule has 2 aromatic carbocycles. The average molecular weight is 660 g/mol. The molecule has 0 unspecified atom stereocenters. The van der Waals surface area contributed by atoms with Crippen molar-refractivity contribution in [1.29, 1.82) is 0 Å². The van der Waals surface area contributed by atoms with E-state index >= 15 is 0 Å². The Hall–Kier alpha value is -4.61. The van der Waals surface area contributed by atoms with Crippen molar-refractivity contribution in [2.45, 2.75) is 64.0 Å². The highest BCUT2D eigenvalue weighted by atomic mass is 32.1. The first-order chi connectivity index (χ1) is 23.3. The Labute approximate surface area is 282 Å². The summed E-state index contributed by atoms with van der Waals surface area (Å²) in [6.45, 7) is 3.12. The van der Waals surface area contributed by atoms with Crippen molar-refractivity contribution in [1.82, 2.24) is 19.7 Å². The number of para-hydroxylation sites is 1. The fraction of sp³-hybridized carbons (Fsp3) is 0.378. The molecule has 4 heterocycles. The molecule has 3 aromatic heterocycles. The summed E-state index contributed by atoms with van der Waals surface area (Å²) in [5, 5.41) is 16.9. The van der Waals surface area contributed by atoms with Gasteiger partial charge in [0.25, 0.3) is 5.91 Å². The zero-order valence-corrected chi connectivity index (χ0v) is 27.6. The van der Waals surface area contributed by atoms with Crippen LogP contribution in [-0.4, -0.2) is 43.3 Å². The maximum Gasteiger partial charge on any atom is 0.355 e. The lowest BCUT2D eigenvalue weighted by Gasteiger charge is -2.57. The van der Waals surface area contributed by atoms with Gasteiger partial charge in [0.05, 0.1) is 22.0 Å². The smallest absolute Gasteiger partial charge is 0.355 e. The van der Waals surface area contributed by atoms with Crippen LogP contribution in [0.2, 0.25) is 0 Å². The van der Waals surface area contributed by atoms with E-state index in [-0.39, 0.29) is 17.1 Å². The van der Waals surface area contributed by atoms with E-state index < -0.39 is 5.97 Å². The summed E-state index contributed by atoms with van der Waals surface area (Å²) >= 11 is 1.37. The Kier molecular flexibility index (Phi) is 6.74. The van der Waals surface area contributed by atoms with E-state index in [4.69, 9.17) is 15.9 Å². The van der Waals surface area contributed by atoms with Crippen LogP contribution in [-0.2, 0) is 18.5 Å². The number of carbonyl (C=O) groups is 2. The van der Waals surface area contributed by atoms with Crippen molar-refractivity contribution >= 4 is 44.4 Å². The van der Waals surface area contributed by atoms with Crippen molar-refractivity contribution < 1.29 is 14.7 Å². The van der Waals surface area contributed by atoms with Crippen LogP contribution in [0.3, 0.4) is 0 Å². The Balaban J connectivity index is 1.01. The second-order valence-electron chi connectivity index (χ2n) is 14.3. The predicted octanol–water partition coefficient (Wildman–Crippen LogP) is 6.57. The van der Waals surface area contributed by atoms with Crippen LogP contribution in [0.4, 0.5) is 10.9 Å². The third-order valence-corrected chi connectivity index (χ3v) is 12.4. The number of aromatic nitrogens is 4. The first-order valence-corrected chi connectivity index (χ1v) is 17.7. The molecular weight excluding hydrogens is 623 g/mol. The van der Waals surface area contributed by atoms with Gasteiger partial charge in [-0.15, -0.1) is 0 Å². The van der Waals surface area contributed by atoms with Gasteiger partial charge in [0.2, 0.25) is 5.13 Å². The molecule has 10 nitrogen and oxygen atoms in total. The molecule has 11 heteroatoms. The normalized spacial score (nSPS) is 24.2. The molecule has 48 heavy (non-hydrogen) atoms. The summed E-state index contributed by atoms with van der Waals surface area (Å²) in [5.41, 5.74) is 5.72. The molecular formula is C37H37N7O3S. The maximum absolute atomic E-state index is 13.8. The van der Waals surface area contributed by atoms with Crippen LogP contribution < -0.4 is 15.8 Å². The van der Waals surface area contributed by atoms with Crippen molar-refractivity contribution in [3.05, 3.63) is 88.9 Å². The number of amides is 1. The number of nitrogens with two attached hydrogens (primary N) is 1. The van der Waals surface area contributed by atoms with E-state index in [2.05, 4.69) is 16.6 Å². The second kappa shape index (κ2) is 11.0. The highest BCUT2D eigenvalue weighted by Crippen LogP contribution is 2.59. The number of carboxylic acid groups (broad SMARTS) is 1. The number of pyridine rings is 1. The zero-order valence-electron chi connectivity index (χ0n) is 26.8. The Morgan fingerprint density at radius 3 is 2.44 bits per heavy atom. The molecule has 0 atom stereocenters. The number of hydrazine groups is 1. The van der Waals surface area contributed by atoms with E-state index in [0.29, 0.717) is 41.6 Å². The molecule has 4 fully saturated rings. The number of thiazole rings is 1. The van der Waals surface area contributed by atoms with Crippen LogP contribution in [0.5, 0.6) is 0 Å². The van der Waals surface area contributed by atoms with Crippen LogP contribution in [0.25, 0.3) is 21.3 Å². The van der Waals surface area contributed by atoms with Gasteiger partial charge < -0.3 is 10.0 Å². The molecule has 1 amide bonds. The van der Waals surface area contributed by atoms with Gasteiger partial charge in [0.1, 0.15) is 5.82 Å².